The van der Waals surface area contributed by atoms with E-state index in [1.165, 1.54) is 22.9 Å². The minimum atomic E-state index is -0.379. The number of thioether (sulfide) groups is 1. The molecule has 2 aromatic carbocycles. The third kappa shape index (κ3) is 3.96. The van der Waals surface area contributed by atoms with Crippen molar-refractivity contribution in [3.05, 3.63) is 94.2 Å². The van der Waals surface area contributed by atoms with Crippen molar-refractivity contribution in [1.29, 1.82) is 0 Å². The van der Waals surface area contributed by atoms with Gasteiger partial charge in [-0.3, -0.25) is 14.2 Å². The molecule has 1 aliphatic heterocycles. The average molecular weight is 446 g/mol. The van der Waals surface area contributed by atoms with Gasteiger partial charge in [0.05, 0.1) is 29.0 Å². The second-order valence-electron chi connectivity index (χ2n) is 7.92. The first-order valence-corrected chi connectivity index (χ1v) is 11.5. The molecule has 1 atom stereocenters. The van der Waals surface area contributed by atoms with E-state index in [-0.39, 0.29) is 23.3 Å². The molecule has 3 heterocycles. The third-order valence-corrected chi connectivity index (χ3v) is 6.87. The highest BCUT2D eigenvalue weighted by atomic mass is 32.2. The molecule has 7 heteroatoms. The average Bonchev–Trinajstić information content (AvgIpc) is 3.34. The van der Waals surface area contributed by atoms with Crippen LogP contribution in [0.25, 0.3) is 10.9 Å². The lowest BCUT2D eigenvalue weighted by molar-refractivity contribution is -0.131. The molecule has 1 aliphatic rings. The van der Waals surface area contributed by atoms with Crippen LogP contribution in [0, 0.1) is 0 Å². The van der Waals surface area contributed by atoms with Gasteiger partial charge in [-0.2, -0.15) is 0 Å². The Balaban J connectivity index is 1.44. The van der Waals surface area contributed by atoms with Gasteiger partial charge in [-0.25, -0.2) is 4.98 Å². The summed E-state index contributed by atoms with van der Waals surface area (Å²) in [6.07, 6.45) is 2.44. The van der Waals surface area contributed by atoms with Gasteiger partial charge in [-0.15, -0.1) is 0 Å². The number of para-hydroxylation sites is 1. The van der Waals surface area contributed by atoms with Crippen molar-refractivity contribution < 1.29 is 9.21 Å². The van der Waals surface area contributed by atoms with Crippen LogP contribution in [0.5, 0.6) is 0 Å². The number of amides is 1. The van der Waals surface area contributed by atoms with Gasteiger partial charge in [-0.1, -0.05) is 48.2 Å². The minimum absolute atomic E-state index is 0.0523. The Morgan fingerprint density at radius 3 is 2.69 bits per heavy atom. The molecule has 0 bridgehead atoms. The van der Waals surface area contributed by atoms with E-state index >= 15 is 0 Å². The van der Waals surface area contributed by atoms with Crippen molar-refractivity contribution >= 4 is 28.6 Å². The van der Waals surface area contributed by atoms with Crippen LogP contribution >= 0.6 is 11.8 Å². The van der Waals surface area contributed by atoms with Gasteiger partial charge in [0.25, 0.3) is 5.56 Å². The van der Waals surface area contributed by atoms with Crippen LogP contribution in [0.3, 0.4) is 0 Å². The summed E-state index contributed by atoms with van der Waals surface area (Å²) in [6.45, 7) is 3.46. The molecule has 0 fully saturated rings. The van der Waals surface area contributed by atoms with Crippen molar-refractivity contribution in [2.24, 2.45) is 0 Å². The number of hydrogen-bond donors (Lipinski definition) is 0. The second kappa shape index (κ2) is 8.67. The SMILES string of the molecule is C[C@H](Sc1nc2ccccc2c(=O)n1Cc1ccco1)C(=O)N1CCc2ccccc2C1. The van der Waals surface area contributed by atoms with Gasteiger partial charge < -0.3 is 9.32 Å². The summed E-state index contributed by atoms with van der Waals surface area (Å²) >= 11 is 1.32. The fraction of sp³-hybridized carbons (Fsp3) is 0.240. The number of rotatable bonds is 5. The van der Waals surface area contributed by atoms with E-state index in [2.05, 4.69) is 12.1 Å². The molecule has 6 nitrogen and oxygen atoms in total. The fourth-order valence-electron chi connectivity index (χ4n) is 4.08. The molecule has 5 rings (SSSR count). The first-order valence-electron chi connectivity index (χ1n) is 10.6. The summed E-state index contributed by atoms with van der Waals surface area (Å²) in [7, 11) is 0. The number of nitrogens with zero attached hydrogens (tertiary/aromatic N) is 3. The zero-order valence-electron chi connectivity index (χ0n) is 17.7. The summed E-state index contributed by atoms with van der Waals surface area (Å²) in [6, 6.07) is 19.2. The number of benzene rings is 2. The lowest BCUT2D eigenvalue weighted by Gasteiger charge is -2.30. The quantitative estimate of drug-likeness (QED) is 0.342. The van der Waals surface area contributed by atoms with Crippen LogP contribution in [0.15, 0.2) is 81.3 Å². The topological polar surface area (TPSA) is 68.3 Å². The molecule has 0 saturated carbocycles. The van der Waals surface area contributed by atoms with Crippen LogP contribution in [-0.4, -0.2) is 32.2 Å². The zero-order valence-corrected chi connectivity index (χ0v) is 18.5. The first kappa shape index (κ1) is 20.6. The number of aromatic nitrogens is 2. The Hall–Kier alpha value is -3.32. The number of hydrogen-bond acceptors (Lipinski definition) is 5. The fourth-order valence-corrected chi connectivity index (χ4v) is 5.08. The number of furan rings is 1. The van der Waals surface area contributed by atoms with Gasteiger partial charge in [-0.05, 0) is 48.7 Å². The van der Waals surface area contributed by atoms with Gasteiger partial charge in [0.15, 0.2) is 5.16 Å². The summed E-state index contributed by atoms with van der Waals surface area (Å²) in [5, 5.41) is 0.689. The Morgan fingerprint density at radius 1 is 1.09 bits per heavy atom. The molecule has 0 radical (unpaired) electrons. The maximum atomic E-state index is 13.3. The molecule has 0 spiro atoms. The smallest absolute Gasteiger partial charge is 0.262 e. The monoisotopic (exact) mass is 445 g/mol. The third-order valence-electron chi connectivity index (χ3n) is 5.79. The molecule has 0 N–H and O–H groups in total. The molecular formula is C25H23N3O3S. The standard InChI is InChI=1S/C25H23N3O3S/c1-17(23(29)27-13-12-18-7-2-3-8-19(18)15-27)32-25-26-22-11-5-4-10-21(22)24(30)28(25)16-20-9-6-14-31-20/h2-11,14,17H,12-13,15-16H2,1H3/t17-/m0/s1. The predicted octanol–water partition coefficient (Wildman–Crippen LogP) is 4.10. The van der Waals surface area contributed by atoms with E-state index in [4.69, 9.17) is 9.40 Å². The molecule has 32 heavy (non-hydrogen) atoms. The predicted molar refractivity (Wildman–Crippen MR) is 125 cm³/mol. The van der Waals surface area contributed by atoms with Gasteiger partial charge in [0, 0.05) is 13.1 Å². The molecule has 1 amide bonds. The van der Waals surface area contributed by atoms with Crippen molar-refractivity contribution in [2.75, 3.05) is 6.54 Å². The number of carbonyl (C=O) groups excluding carboxylic acids is 1. The molecule has 4 aromatic rings. The summed E-state index contributed by atoms with van der Waals surface area (Å²) in [5.41, 5.74) is 2.99. The normalized spacial score (nSPS) is 14.3. The number of carbonyl (C=O) groups is 1. The maximum Gasteiger partial charge on any atom is 0.262 e. The van der Waals surface area contributed by atoms with Crippen molar-refractivity contribution in [3.63, 3.8) is 0 Å². The van der Waals surface area contributed by atoms with Crippen molar-refractivity contribution in [1.82, 2.24) is 14.5 Å². The van der Waals surface area contributed by atoms with E-state index in [1.54, 1.807) is 23.0 Å². The highest BCUT2D eigenvalue weighted by Crippen LogP contribution is 2.27. The van der Waals surface area contributed by atoms with Crippen LogP contribution in [-0.2, 0) is 24.3 Å². The maximum absolute atomic E-state index is 13.3. The van der Waals surface area contributed by atoms with Crippen molar-refractivity contribution in [2.45, 2.75) is 36.8 Å². The Kier molecular flexibility index (Phi) is 5.57. The van der Waals surface area contributed by atoms with Crippen LogP contribution < -0.4 is 5.56 Å². The van der Waals surface area contributed by atoms with Crippen LogP contribution in [0.4, 0.5) is 0 Å². The molecule has 0 saturated heterocycles. The molecule has 0 aliphatic carbocycles. The highest BCUT2D eigenvalue weighted by molar-refractivity contribution is 8.00. The lowest BCUT2D eigenvalue weighted by Crippen LogP contribution is -2.40. The first-order chi connectivity index (χ1) is 15.6. The zero-order chi connectivity index (χ0) is 22.1. The minimum Gasteiger partial charge on any atom is -0.467 e. The Bertz CT molecular complexity index is 1330. The molecule has 2 aromatic heterocycles. The summed E-state index contributed by atoms with van der Waals surface area (Å²) in [4.78, 5) is 33.1. The van der Waals surface area contributed by atoms with Crippen molar-refractivity contribution in [3.8, 4) is 0 Å². The van der Waals surface area contributed by atoms with E-state index < -0.39 is 0 Å². The summed E-state index contributed by atoms with van der Waals surface area (Å²) < 4.78 is 7.07. The Morgan fingerprint density at radius 2 is 1.88 bits per heavy atom. The van der Waals surface area contributed by atoms with Gasteiger partial charge in [0.1, 0.15) is 5.76 Å². The largest absolute Gasteiger partial charge is 0.467 e. The number of fused-ring (bicyclic) bond motifs is 2. The lowest BCUT2D eigenvalue weighted by atomic mass is 10.00. The van der Waals surface area contributed by atoms with E-state index in [0.717, 1.165) is 6.42 Å². The van der Waals surface area contributed by atoms with Crippen LogP contribution in [0.2, 0.25) is 0 Å². The van der Waals surface area contributed by atoms with Crippen LogP contribution in [0.1, 0.15) is 23.8 Å². The van der Waals surface area contributed by atoms with Gasteiger partial charge >= 0.3 is 0 Å². The molecular weight excluding hydrogens is 422 g/mol. The van der Waals surface area contributed by atoms with E-state index in [1.807, 2.05) is 48.2 Å². The molecule has 162 valence electrons. The van der Waals surface area contributed by atoms with Gasteiger partial charge in [0.2, 0.25) is 5.91 Å². The Labute approximate surface area is 189 Å². The van der Waals surface area contributed by atoms with E-state index in [0.29, 0.717) is 34.9 Å². The molecule has 0 unspecified atom stereocenters. The van der Waals surface area contributed by atoms with E-state index in [9.17, 15) is 9.59 Å². The summed E-state index contributed by atoms with van der Waals surface area (Å²) in [5.74, 6) is 0.717. The second-order valence-corrected chi connectivity index (χ2v) is 9.23. The highest BCUT2D eigenvalue weighted by Gasteiger charge is 2.27.